The zero-order chi connectivity index (χ0) is 13.8. The van der Waals surface area contributed by atoms with E-state index in [4.69, 9.17) is 11.6 Å². The minimum Gasteiger partial charge on any atom is -0.349 e. The molecule has 0 aliphatic heterocycles. The fourth-order valence-electron chi connectivity index (χ4n) is 1.76. The van der Waals surface area contributed by atoms with Crippen LogP contribution in [0.1, 0.15) is 43.2 Å². The molecule has 1 rings (SSSR count). The minimum absolute atomic E-state index is 0.00732. The minimum atomic E-state index is -0.0643. The van der Waals surface area contributed by atoms with Crippen molar-refractivity contribution in [2.24, 2.45) is 5.41 Å². The van der Waals surface area contributed by atoms with Gasteiger partial charge in [-0.2, -0.15) is 0 Å². The Morgan fingerprint density at radius 3 is 2.67 bits per heavy atom. The van der Waals surface area contributed by atoms with E-state index in [-0.39, 0.29) is 17.4 Å². The first-order chi connectivity index (χ1) is 8.34. The lowest BCUT2D eigenvalue weighted by molar-refractivity contribution is 0.0900. The third kappa shape index (κ3) is 4.30. The number of alkyl halides is 1. The van der Waals surface area contributed by atoms with Crippen molar-refractivity contribution in [1.29, 1.82) is 0 Å². The monoisotopic (exact) mass is 268 g/mol. The molecule has 3 nitrogen and oxygen atoms in total. The smallest absolute Gasteiger partial charge is 0.251 e. The van der Waals surface area contributed by atoms with Crippen LogP contribution in [0.4, 0.5) is 0 Å². The molecule has 0 radical (unpaired) electrons. The van der Waals surface area contributed by atoms with E-state index in [1.165, 1.54) is 0 Å². The standard InChI is InChI=1S/C14H21ClN2O/c1-10-9-11(6-8-16-10)13(18)17-12(5-7-15)14(2,3)4/h6,8-9,12H,5,7H2,1-4H3,(H,17,18). The third-order valence-corrected chi connectivity index (χ3v) is 3.13. The molecule has 1 atom stereocenters. The fourth-order valence-corrected chi connectivity index (χ4v) is 1.98. The molecule has 0 aromatic carbocycles. The topological polar surface area (TPSA) is 42.0 Å². The number of hydrogen-bond donors (Lipinski definition) is 1. The Kier molecular flexibility index (Phi) is 5.15. The SMILES string of the molecule is Cc1cc(C(=O)NC(CCCl)C(C)(C)C)ccn1. The maximum atomic E-state index is 12.1. The third-order valence-electron chi connectivity index (χ3n) is 2.91. The lowest BCUT2D eigenvalue weighted by Crippen LogP contribution is -2.44. The van der Waals surface area contributed by atoms with E-state index in [0.717, 1.165) is 12.1 Å². The Morgan fingerprint density at radius 2 is 2.17 bits per heavy atom. The molecule has 1 unspecified atom stereocenters. The van der Waals surface area contributed by atoms with Crippen LogP contribution in [0.5, 0.6) is 0 Å². The first-order valence-electron chi connectivity index (χ1n) is 6.14. The Bertz CT molecular complexity index is 413. The van der Waals surface area contributed by atoms with Gasteiger partial charge in [-0.3, -0.25) is 9.78 Å². The summed E-state index contributed by atoms with van der Waals surface area (Å²) in [5.74, 6) is 0.475. The predicted molar refractivity (Wildman–Crippen MR) is 75.0 cm³/mol. The van der Waals surface area contributed by atoms with Gasteiger partial charge in [-0.05, 0) is 30.9 Å². The molecule has 0 bridgehead atoms. The van der Waals surface area contributed by atoms with Crippen LogP contribution in [0.2, 0.25) is 0 Å². The molecule has 0 aliphatic carbocycles. The Hall–Kier alpha value is -1.09. The van der Waals surface area contributed by atoms with Crippen molar-refractivity contribution >= 4 is 17.5 Å². The number of carbonyl (C=O) groups excluding carboxylic acids is 1. The molecular formula is C14H21ClN2O. The molecule has 0 spiro atoms. The average Bonchev–Trinajstić information content (AvgIpc) is 2.27. The highest BCUT2D eigenvalue weighted by Gasteiger charge is 2.25. The molecule has 18 heavy (non-hydrogen) atoms. The highest BCUT2D eigenvalue weighted by Crippen LogP contribution is 2.22. The largest absolute Gasteiger partial charge is 0.349 e. The molecular weight excluding hydrogens is 248 g/mol. The maximum Gasteiger partial charge on any atom is 0.251 e. The lowest BCUT2D eigenvalue weighted by atomic mass is 9.85. The van der Waals surface area contributed by atoms with E-state index in [1.807, 2.05) is 6.92 Å². The van der Waals surface area contributed by atoms with E-state index in [1.54, 1.807) is 18.3 Å². The van der Waals surface area contributed by atoms with Gasteiger partial charge in [0.15, 0.2) is 0 Å². The number of pyridine rings is 1. The zero-order valence-corrected chi connectivity index (χ0v) is 12.2. The van der Waals surface area contributed by atoms with Gasteiger partial charge < -0.3 is 5.32 Å². The number of aromatic nitrogens is 1. The molecule has 1 amide bonds. The number of nitrogens with zero attached hydrogens (tertiary/aromatic N) is 1. The Morgan fingerprint density at radius 1 is 1.50 bits per heavy atom. The van der Waals surface area contributed by atoms with Gasteiger partial charge in [-0.15, -0.1) is 11.6 Å². The van der Waals surface area contributed by atoms with Crippen LogP contribution in [0.15, 0.2) is 18.3 Å². The molecule has 1 aromatic rings. The molecule has 1 heterocycles. The predicted octanol–water partition coefficient (Wildman–Crippen LogP) is 3.16. The van der Waals surface area contributed by atoms with E-state index in [0.29, 0.717) is 11.4 Å². The zero-order valence-electron chi connectivity index (χ0n) is 11.5. The normalized spacial score (nSPS) is 13.2. The van der Waals surface area contributed by atoms with Gasteiger partial charge in [-0.1, -0.05) is 20.8 Å². The molecule has 0 saturated heterocycles. The number of hydrogen-bond acceptors (Lipinski definition) is 2. The van der Waals surface area contributed by atoms with Gasteiger partial charge in [0.1, 0.15) is 0 Å². The van der Waals surface area contributed by atoms with E-state index in [2.05, 4.69) is 31.1 Å². The van der Waals surface area contributed by atoms with Crippen molar-refractivity contribution in [3.63, 3.8) is 0 Å². The Labute approximate surface area is 114 Å². The molecule has 0 aliphatic rings. The summed E-state index contributed by atoms with van der Waals surface area (Å²) < 4.78 is 0. The number of amides is 1. The number of halogens is 1. The van der Waals surface area contributed by atoms with Crippen molar-refractivity contribution in [1.82, 2.24) is 10.3 Å². The van der Waals surface area contributed by atoms with Crippen molar-refractivity contribution in [2.45, 2.75) is 40.2 Å². The Balaban J connectivity index is 2.79. The van der Waals surface area contributed by atoms with Crippen LogP contribution in [0, 0.1) is 12.3 Å². The highest BCUT2D eigenvalue weighted by atomic mass is 35.5. The van der Waals surface area contributed by atoms with Crippen LogP contribution in [0.25, 0.3) is 0 Å². The summed E-state index contributed by atoms with van der Waals surface area (Å²) in [6.07, 6.45) is 2.42. The first kappa shape index (κ1) is 15.0. The van der Waals surface area contributed by atoms with E-state index >= 15 is 0 Å². The molecule has 0 saturated carbocycles. The summed E-state index contributed by atoms with van der Waals surface area (Å²) in [5, 5.41) is 3.05. The van der Waals surface area contributed by atoms with E-state index in [9.17, 15) is 4.79 Å². The van der Waals surface area contributed by atoms with Crippen LogP contribution in [-0.4, -0.2) is 22.8 Å². The second-order valence-corrected chi connectivity index (χ2v) is 5.93. The number of rotatable bonds is 4. The average molecular weight is 269 g/mol. The van der Waals surface area contributed by atoms with Gasteiger partial charge >= 0.3 is 0 Å². The van der Waals surface area contributed by atoms with Crippen molar-refractivity contribution in [3.8, 4) is 0 Å². The first-order valence-corrected chi connectivity index (χ1v) is 6.67. The summed E-state index contributed by atoms with van der Waals surface area (Å²) in [6, 6.07) is 3.58. The van der Waals surface area contributed by atoms with Crippen molar-refractivity contribution in [3.05, 3.63) is 29.6 Å². The maximum absolute atomic E-state index is 12.1. The molecule has 1 aromatic heterocycles. The van der Waals surface area contributed by atoms with Gasteiger partial charge in [0.25, 0.3) is 5.91 Å². The summed E-state index contributed by atoms with van der Waals surface area (Å²) in [7, 11) is 0. The molecule has 100 valence electrons. The van der Waals surface area contributed by atoms with Gasteiger partial charge in [-0.25, -0.2) is 0 Å². The highest BCUT2D eigenvalue weighted by molar-refractivity contribution is 6.17. The van der Waals surface area contributed by atoms with Crippen molar-refractivity contribution < 1.29 is 4.79 Å². The van der Waals surface area contributed by atoms with Gasteiger partial charge in [0.2, 0.25) is 0 Å². The quantitative estimate of drug-likeness (QED) is 0.853. The van der Waals surface area contributed by atoms with Gasteiger partial charge in [0, 0.05) is 29.4 Å². The summed E-state index contributed by atoms with van der Waals surface area (Å²) in [6.45, 7) is 8.17. The number of nitrogens with one attached hydrogen (secondary N) is 1. The lowest BCUT2D eigenvalue weighted by Gasteiger charge is -2.31. The number of aryl methyl sites for hydroxylation is 1. The summed E-state index contributed by atoms with van der Waals surface area (Å²) in [5.41, 5.74) is 1.48. The molecule has 1 N–H and O–H groups in total. The number of carbonyl (C=O) groups is 1. The van der Waals surface area contributed by atoms with E-state index < -0.39 is 0 Å². The van der Waals surface area contributed by atoms with Crippen LogP contribution >= 0.6 is 11.6 Å². The van der Waals surface area contributed by atoms with Crippen LogP contribution in [-0.2, 0) is 0 Å². The second kappa shape index (κ2) is 6.19. The molecule has 4 heteroatoms. The fraction of sp³-hybridized carbons (Fsp3) is 0.571. The summed E-state index contributed by atoms with van der Waals surface area (Å²) in [4.78, 5) is 16.2. The van der Waals surface area contributed by atoms with Gasteiger partial charge in [0.05, 0.1) is 0 Å². The molecule has 0 fully saturated rings. The van der Waals surface area contributed by atoms with Crippen molar-refractivity contribution in [2.75, 3.05) is 5.88 Å². The van der Waals surface area contributed by atoms with Crippen LogP contribution in [0.3, 0.4) is 0 Å². The summed E-state index contributed by atoms with van der Waals surface area (Å²) >= 11 is 5.80. The second-order valence-electron chi connectivity index (χ2n) is 5.56. The van der Waals surface area contributed by atoms with Crippen LogP contribution < -0.4 is 5.32 Å².